The molecule has 6 heteroatoms. The van der Waals surface area contributed by atoms with Crippen LogP contribution in [0.3, 0.4) is 0 Å². The van der Waals surface area contributed by atoms with Crippen LogP contribution in [0.2, 0.25) is 0 Å². The normalized spacial score (nSPS) is 12.8. The number of carbonyl (C=O) groups is 1. The summed E-state index contributed by atoms with van der Waals surface area (Å²) in [5.74, 6) is -0.751. The predicted octanol–water partition coefficient (Wildman–Crippen LogP) is 7.15. The fraction of sp³-hybridized carbons (Fsp3) is 0.261. The van der Waals surface area contributed by atoms with Gasteiger partial charge in [0.15, 0.2) is 5.78 Å². The van der Waals surface area contributed by atoms with Crippen molar-refractivity contribution in [1.82, 2.24) is 0 Å². The first-order valence-electron chi connectivity index (χ1n) is 9.10. The van der Waals surface area contributed by atoms with Gasteiger partial charge in [-0.05, 0) is 49.6 Å². The maximum atomic E-state index is 13.9. The van der Waals surface area contributed by atoms with Gasteiger partial charge in [-0.25, -0.2) is 4.39 Å². The van der Waals surface area contributed by atoms with Gasteiger partial charge in [-0.3, -0.25) is 4.79 Å². The molecule has 0 heterocycles. The number of carbonyl (C=O) groups excluding carboxylic acids is 1. The van der Waals surface area contributed by atoms with Crippen LogP contribution in [0.5, 0.6) is 5.75 Å². The lowest BCUT2D eigenvalue weighted by Crippen LogP contribution is -2.10. The Hall–Kier alpha value is -2.89. The molecular formula is C23H22F4O2. The number of benzene rings is 2. The first-order valence-corrected chi connectivity index (χ1v) is 9.10. The lowest BCUT2D eigenvalue weighted by Gasteiger charge is -2.16. The minimum absolute atomic E-state index is 0.0204. The Morgan fingerprint density at radius 2 is 1.72 bits per heavy atom. The van der Waals surface area contributed by atoms with Crippen LogP contribution in [-0.4, -0.2) is 5.78 Å². The lowest BCUT2D eigenvalue weighted by molar-refractivity contribution is -0.137. The Kier molecular flexibility index (Phi) is 7.37. The SMILES string of the molecule is CC/C=C\C(=C(/C)F)c1ccc(OCc2ccc(C(C)=O)cc2)cc1C(F)(F)F. The lowest BCUT2D eigenvalue weighted by atomic mass is 9.97. The van der Waals surface area contributed by atoms with Gasteiger partial charge >= 0.3 is 6.18 Å². The number of allylic oxidation sites excluding steroid dienone is 4. The fourth-order valence-electron chi connectivity index (χ4n) is 2.71. The Balaban J connectivity index is 2.32. The summed E-state index contributed by atoms with van der Waals surface area (Å²) in [7, 11) is 0. The summed E-state index contributed by atoms with van der Waals surface area (Å²) in [6, 6.07) is 10.1. The summed E-state index contributed by atoms with van der Waals surface area (Å²) >= 11 is 0. The first kappa shape index (κ1) is 22.4. The largest absolute Gasteiger partial charge is 0.489 e. The molecule has 0 amide bonds. The Morgan fingerprint density at radius 1 is 1.07 bits per heavy atom. The van der Waals surface area contributed by atoms with E-state index in [1.807, 2.05) is 6.92 Å². The third kappa shape index (κ3) is 6.04. The molecular weight excluding hydrogens is 384 g/mol. The molecule has 154 valence electrons. The minimum atomic E-state index is -4.67. The zero-order valence-electron chi connectivity index (χ0n) is 16.4. The highest BCUT2D eigenvalue weighted by Gasteiger charge is 2.34. The van der Waals surface area contributed by atoms with Crippen LogP contribution in [0.4, 0.5) is 17.6 Å². The van der Waals surface area contributed by atoms with E-state index < -0.39 is 17.6 Å². The van der Waals surface area contributed by atoms with Crippen molar-refractivity contribution in [3.8, 4) is 5.75 Å². The average molecular weight is 406 g/mol. The molecule has 0 radical (unpaired) electrons. The van der Waals surface area contributed by atoms with Crippen molar-refractivity contribution in [1.29, 1.82) is 0 Å². The maximum Gasteiger partial charge on any atom is 0.417 e. The predicted molar refractivity (Wildman–Crippen MR) is 105 cm³/mol. The van der Waals surface area contributed by atoms with E-state index in [9.17, 15) is 22.4 Å². The van der Waals surface area contributed by atoms with Gasteiger partial charge in [0.05, 0.1) is 5.56 Å². The molecule has 0 atom stereocenters. The topological polar surface area (TPSA) is 26.3 Å². The number of ketones is 1. The Bertz CT molecular complexity index is 919. The summed E-state index contributed by atoms with van der Waals surface area (Å²) < 4.78 is 60.2. The summed E-state index contributed by atoms with van der Waals surface area (Å²) in [5, 5.41) is 0. The third-order valence-corrected chi connectivity index (χ3v) is 4.24. The van der Waals surface area contributed by atoms with Crippen LogP contribution in [0.15, 0.2) is 60.4 Å². The summed E-state index contributed by atoms with van der Waals surface area (Å²) in [5.41, 5.74) is -0.0576. The van der Waals surface area contributed by atoms with Gasteiger partial charge in [0, 0.05) is 11.1 Å². The molecule has 0 aliphatic heterocycles. The highest BCUT2D eigenvalue weighted by molar-refractivity contribution is 5.94. The quantitative estimate of drug-likeness (QED) is 0.277. The van der Waals surface area contributed by atoms with Crippen LogP contribution in [0.1, 0.15) is 54.2 Å². The van der Waals surface area contributed by atoms with E-state index >= 15 is 0 Å². The van der Waals surface area contributed by atoms with E-state index in [0.29, 0.717) is 17.5 Å². The van der Waals surface area contributed by atoms with E-state index in [4.69, 9.17) is 4.74 Å². The van der Waals surface area contributed by atoms with Gasteiger partial charge in [0.1, 0.15) is 18.2 Å². The zero-order valence-corrected chi connectivity index (χ0v) is 16.4. The van der Waals surface area contributed by atoms with E-state index in [0.717, 1.165) is 13.0 Å². The molecule has 0 N–H and O–H groups in total. The fourth-order valence-corrected chi connectivity index (χ4v) is 2.71. The molecule has 2 nitrogen and oxygen atoms in total. The van der Waals surface area contributed by atoms with Gasteiger partial charge in [0.25, 0.3) is 0 Å². The second kappa shape index (κ2) is 9.54. The van der Waals surface area contributed by atoms with Crippen LogP contribution in [-0.2, 0) is 12.8 Å². The number of rotatable bonds is 7. The van der Waals surface area contributed by atoms with Crippen molar-refractivity contribution in [2.75, 3.05) is 0 Å². The molecule has 0 saturated heterocycles. The van der Waals surface area contributed by atoms with Crippen molar-refractivity contribution in [2.24, 2.45) is 0 Å². The monoisotopic (exact) mass is 406 g/mol. The number of alkyl halides is 3. The van der Waals surface area contributed by atoms with Gasteiger partial charge in [-0.2, -0.15) is 13.2 Å². The second-order valence-corrected chi connectivity index (χ2v) is 6.50. The molecule has 0 unspecified atom stereocenters. The van der Waals surface area contributed by atoms with E-state index in [1.54, 1.807) is 30.3 Å². The van der Waals surface area contributed by atoms with E-state index in [-0.39, 0.29) is 29.3 Å². The number of ether oxygens (including phenoxy) is 1. The zero-order chi connectivity index (χ0) is 21.6. The van der Waals surface area contributed by atoms with Crippen LogP contribution in [0, 0.1) is 0 Å². The van der Waals surface area contributed by atoms with Crippen molar-refractivity contribution < 1.29 is 27.1 Å². The van der Waals surface area contributed by atoms with E-state index in [2.05, 4.69) is 0 Å². The number of halogens is 4. The maximum absolute atomic E-state index is 13.9. The standard InChI is InChI=1S/C23H22F4O2/c1-4-5-6-20(15(2)24)21-12-11-19(13-22(21)23(25,26)27)29-14-17-7-9-18(10-8-17)16(3)28/h5-13H,4,14H2,1-3H3/b6-5-,20-15-. The average Bonchev–Trinajstić information content (AvgIpc) is 2.66. The van der Waals surface area contributed by atoms with Crippen molar-refractivity contribution in [2.45, 2.75) is 40.0 Å². The molecule has 2 rings (SSSR count). The van der Waals surface area contributed by atoms with Crippen molar-refractivity contribution >= 4 is 11.4 Å². The first-order chi connectivity index (χ1) is 13.6. The molecule has 0 aliphatic carbocycles. The molecule has 0 aliphatic rings. The van der Waals surface area contributed by atoms with Crippen molar-refractivity contribution in [3.63, 3.8) is 0 Å². The summed E-state index contributed by atoms with van der Waals surface area (Å²) in [6.07, 6.45) is -1.13. The molecule has 0 bridgehead atoms. The number of Topliss-reactive ketones (excluding diaryl/α,β-unsaturated/α-hetero) is 1. The molecule has 0 saturated carbocycles. The molecule has 2 aromatic rings. The molecule has 2 aromatic carbocycles. The minimum Gasteiger partial charge on any atom is -0.489 e. The third-order valence-electron chi connectivity index (χ3n) is 4.24. The molecule has 0 spiro atoms. The van der Waals surface area contributed by atoms with Gasteiger partial charge < -0.3 is 4.74 Å². The van der Waals surface area contributed by atoms with Crippen LogP contribution >= 0.6 is 0 Å². The summed E-state index contributed by atoms with van der Waals surface area (Å²) in [6.45, 7) is 4.43. The summed E-state index contributed by atoms with van der Waals surface area (Å²) in [4.78, 5) is 11.3. The Morgan fingerprint density at radius 3 is 2.24 bits per heavy atom. The molecule has 29 heavy (non-hydrogen) atoms. The van der Waals surface area contributed by atoms with Crippen LogP contribution < -0.4 is 4.74 Å². The number of hydrogen-bond acceptors (Lipinski definition) is 2. The second-order valence-electron chi connectivity index (χ2n) is 6.50. The number of hydrogen-bond donors (Lipinski definition) is 0. The van der Waals surface area contributed by atoms with Crippen LogP contribution in [0.25, 0.3) is 5.57 Å². The Labute approximate surface area is 167 Å². The molecule has 0 fully saturated rings. The molecule has 0 aromatic heterocycles. The highest BCUT2D eigenvalue weighted by atomic mass is 19.4. The van der Waals surface area contributed by atoms with Gasteiger partial charge in [0.2, 0.25) is 0 Å². The van der Waals surface area contributed by atoms with Gasteiger partial charge in [-0.1, -0.05) is 43.3 Å². The van der Waals surface area contributed by atoms with Gasteiger partial charge in [-0.15, -0.1) is 0 Å². The van der Waals surface area contributed by atoms with E-state index in [1.165, 1.54) is 25.1 Å². The smallest absolute Gasteiger partial charge is 0.417 e. The van der Waals surface area contributed by atoms with Crippen molar-refractivity contribution in [3.05, 3.63) is 82.7 Å². The highest BCUT2D eigenvalue weighted by Crippen LogP contribution is 2.38.